The largest absolute Gasteiger partial charge is 0.487 e. The second kappa shape index (κ2) is 8.15. The van der Waals surface area contributed by atoms with Gasteiger partial charge in [0.15, 0.2) is 0 Å². The van der Waals surface area contributed by atoms with E-state index in [-0.39, 0.29) is 11.7 Å². The number of benzene rings is 2. The molecule has 3 heterocycles. The summed E-state index contributed by atoms with van der Waals surface area (Å²) < 4.78 is 37.1. The lowest BCUT2D eigenvalue weighted by Gasteiger charge is -2.21. The predicted molar refractivity (Wildman–Crippen MR) is 119 cm³/mol. The number of carbonyl (C=O) groups excluding carboxylic acids is 1. The zero-order valence-corrected chi connectivity index (χ0v) is 18.3. The molecule has 4 aromatic rings. The molecule has 1 atom stereocenters. The molecule has 0 aliphatic carbocycles. The summed E-state index contributed by atoms with van der Waals surface area (Å²) in [5, 5.41) is 6.58. The number of amides is 1. The van der Waals surface area contributed by atoms with Gasteiger partial charge >= 0.3 is 5.57 Å². The van der Waals surface area contributed by atoms with Crippen LogP contribution >= 0.6 is 11.6 Å². The van der Waals surface area contributed by atoms with E-state index >= 15 is 0 Å². The summed E-state index contributed by atoms with van der Waals surface area (Å²) in [4.78, 5) is 17.8. The first-order valence-electron chi connectivity index (χ1n) is 10.4. The van der Waals surface area contributed by atoms with Gasteiger partial charge in [0, 0.05) is 46.9 Å². The van der Waals surface area contributed by atoms with Crippen molar-refractivity contribution in [3.63, 3.8) is 0 Å². The molecule has 7 nitrogen and oxygen atoms in total. The van der Waals surface area contributed by atoms with E-state index in [1.807, 2.05) is 0 Å². The van der Waals surface area contributed by atoms with Crippen LogP contribution in [0.25, 0.3) is 22.2 Å². The summed E-state index contributed by atoms with van der Waals surface area (Å²) in [6.45, 7) is 3.06. The molecule has 0 unspecified atom stereocenters. The molecule has 0 bridgehead atoms. The van der Waals surface area contributed by atoms with E-state index in [1.54, 1.807) is 18.3 Å². The van der Waals surface area contributed by atoms with Crippen molar-refractivity contribution in [2.45, 2.75) is 31.9 Å². The van der Waals surface area contributed by atoms with Gasteiger partial charge in [-0.05, 0) is 48.7 Å². The fourth-order valence-electron chi connectivity index (χ4n) is 4.11. The Morgan fingerprint density at radius 1 is 1.30 bits per heavy atom. The number of fused-ring (bicyclic) bond motifs is 3. The summed E-state index contributed by atoms with van der Waals surface area (Å²) in [5.74, 6) is 1.02. The molecule has 10 heteroatoms. The van der Waals surface area contributed by atoms with Crippen molar-refractivity contribution in [1.82, 2.24) is 14.7 Å². The first kappa shape index (κ1) is 21.4. The molecule has 2 aromatic carbocycles. The maximum atomic E-state index is 13.0. The minimum Gasteiger partial charge on any atom is -0.420 e. The number of aryl methyl sites for hydroxylation is 1. The van der Waals surface area contributed by atoms with E-state index < -0.39 is 5.57 Å². The number of hydrogen-bond donors (Lipinski definition) is 1. The smallest absolute Gasteiger partial charge is 0.420 e. The van der Waals surface area contributed by atoms with Gasteiger partial charge in [0.2, 0.25) is 0 Å². The van der Waals surface area contributed by atoms with Gasteiger partial charge < -0.3 is 19.1 Å². The molecule has 1 amide bonds. The summed E-state index contributed by atoms with van der Waals surface area (Å²) in [5.41, 5.74) is 0.222. The number of halogens is 3. The molecule has 2 aromatic heterocycles. The first-order chi connectivity index (χ1) is 15.8. The summed E-state index contributed by atoms with van der Waals surface area (Å²) in [6.07, 6.45) is 5.08. The molecule has 0 saturated heterocycles. The quantitative estimate of drug-likeness (QED) is 0.377. The average molecular weight is 473 g/mol. The Bertz CT molecular complexity index is 1310. The maximum Gasteiger partial charge on any atom is 0.487 e. The topological polar surface area (TPSA) is 82.2 Å². The molecule has 1 aliphatic rings. The van der Waals surface area contributed by atoms with E-state index in [4.69, 9.17) is 21.1 Å². The van der Waals surface area contributed by atoms with Crippen LogP contribution in [0, 0.1) is 5.92 Å². The van der Waals surface area contributed by atoms with Gasteiger partial charge in [0.25, 0.3) is 5.91 Å². The normalized spacial score (nSPS) is 15.9. The average Bonchev–Trinajstić information content (AvgIpc) is 3.41. The number of nitrogens with zero attached hydrogens (tertiary/aromatic N) is 3. The first-order valence-corrected chi connectivity index (χ1v) is 10.7. The third-order valence-corrected chi connectivity index (χ3v) is 5.70. The zero-order chi connectivity index (χ0) is 23.2. The second-order valence-corrected chi connectivity index (χ2v) is 8.55. The Labute approximate surface area is 192 Å². The van der Waals surface area contributed by atoms with E-state index in [2.05, 4.69) is 26.7 Å². The van der Waals surface area contributed by atoms with E-state index in [1.165, 1.54) is 30.5 Å². The van der Waals surface area contributed by atoms with Gasteiger partial charge in [-0.3, -0.25) is 4.79 Å². The van der Waals surface area contributed by atoms with Gasteiger partial charge in [-0.15, -0.1) is 8.78 Å². The molecule has 1 N–H and O–H groups in total. The maximum absolute atomic E-state index is 13.0. The highest BCUT2D eigenvalue weighted by Gasteiger charge is 2.27. The van der Waals surface area contributed by atoms with Crippen molar-refractivity contribution in [3.05, 3.63) is 60.2 Å². The number of hydrogen-bond acceptors (Lipinski definition) is 5. The van der Waals surface area contributed by atoms with Gasteiger partial charge in [-0.2, -0.15) is 0 Å². The van der Waals surface area contributed by atoms with Crippen LogP contribution < -0.4 is 10.1 Å². The lowest BCUT2D eigenvalue weighted by Crippen LogP contribution is -2.18. The van der Waals surface area contributed by atoms with Crippen molar-refractivity contribution < 1.29 is 22.8 Å². The monoisotopic (exact) mass is 472 g/mol. The highest BCUT2D eigenvalue weighted by atomic mass is 35.5. The highest BCUT2D eigenvalue weighted by molar-refractivity contribution is 6.20. The number of ether oxygens (including phenoxy) is 1. The molecule has 1 aliphatic heterocycles. The highest BCUT2D eigenvalue weighted by Crippen LogP contribution is 2.34. The Kier molecular flexibility index (Phi) is 5.28. The number of carbonyl (C=O) groups is 1. The van der Waals surface area contributed by atoms with Crippen LogP contribution in [0.4, 0.5) is 14.5 Å². The molecule has 170 valence electrons. The van der Waals surface area contributed by atoms with Gasteiger partial charge in [0.1, 0.15) is 17.8 Å². The van der Waals surface area contributed by atoms with E-state index in [0.29, 0.717) is 17.2 Å². The molecule has 0 radical (unpaired) electrons. The van der Waals surface area contributed by atoms with Crippen molar-refractivity contribution in [3.8, 4) is 16.9 Å². The Morgan fingerprint density at radius 3 is 2.79 bits per heavy atom. The van der Waals surface area contributed by atoms with Gasteiger partial charge in [-0.25, -0.2) is 4.98 Å². The summed E-state index contributed by atoms with van der Waals surface area (Å²) >= 11 is 4.78. The van der Waals surface area contributed by atoms with Crippen LogP contribution in [-0.4, -0.2) is 26.2 Å². The lowest BCUT2D eigenvalue weighted by molar-refractivity contribution is -0.0964. The van der Waals surface area contributed by atoms with E-state index in [0.717, 1.165) is 47.4 Å². The molecule has 5 rings (SSSR count). The minimum atomic E-state index is -3.81. The Balaban J connectivity index is 1.49. The molecule has 0 saturated carbocycles. The van der Waals surface area contributed by atoms with Crippen LogP contribution in [0.2, 0.25) is 0 Å². The third-order valence-electron chi connectivity index (χ3n) is 5.63. The Hall–Kier alpha value is -3.46. The number of aromatic nitrogens is 3. The van der Waals surface area contributed by atoms with Crippen molar-refractivity contribution in [1.29, 1.82) is 0 Å². The number of rotatable bonds is 5. The van der Waals surface area contributed by atoms with Gasteiger partial charge in [0.05, 0.1) is 17.2 Å². The standard InChI is InChI=1S/C23H19ClF2N4O3/c1-13-2-7-20-29-19-9-14(8-18(15-10-27-32-12-15)21(19)30(20)11-13)22(31)28-16-3-5-17(6-4-16)33-23(24,25)26/h3-6,8-10,12-13H,2,7,11H2,1H3,(H,28,31)/t13-/m0/s1. The molecular formula is C23H19ClF2N4O3. The number of alkyl halides is 3. The predicted octanol–water partition coefficient (Wildman–Crippen LogP) is 5.69. The minimum absolute atomic E-state index is 0.123. The lowest BCUT2D eigenvalue weighted by atomic mass is 10.00. The van der Waals surface area contributed by atoms with Crippen LogP contribution in [0.3, 0.4) is 0 Å². The number of imidazole rings is 1. The summed E-state index contributed by atoms with van der Waals surface area (Å²) in [7, 11) is 0. The van der Waals surface area contributed by atoms with E-state index in [9.17, 15) is 13.6 Å². The zero-order valence-electron chi connectivity index (χ0n) is 17.5. The second-order valence-electron chi connectivity index (χ2n) is 8.11. The van der Waals surface area contributed by atoms with Crippen molar-refractivity contribution in [2.24, 2.45) is 5.92 Å². The fourth-order valence-corrected chi connectivity index (χ4v) is 4.20. The van der Waals surface area contributed by atoms with Crippen molar-refractivity contribution >= 4 is 34.2 Å². The van der Waals surface area contributed by atoms with Crippen molar-refractivity contribution in [2.75, 3.05) is 5.32 Å². The fraction of sp³-hybridized carbons (Fsp3) is 0.261. The molecule has 0 spiro atoms. The van der Waals surface area contributed by atoms with Crippen LogP contribution in [0.5, 0.6) is 5.75 Å². The number of anilines is 1. The van der Waals surface area contributed by atoms with Crippen LogP contribution in [0.1, 0.15) is 29.5 Å². The van der Waals surface area contributed by atoms with Crippen LogP contribution in [0.15, 0.2) is 53.4 Å². The third kappa shape index (κ3) is 4.41. The molecule has 0 fully saturated rings. The SMILES string of the molecule is C[C@H]1CCc2nc3cc(C(=O)Nc4ccc(OC(F)(F)Cl)cc4)cc(-c4cnoc4)c3n2C1. The molecule has 33 heavy (non-hydrogen) atoms. The molecular weight excluding hydrogens is 454 g/mol. The Morgan fingerprint density at radius 2 is 2.09 bits per heavy atom. The van der Waals surface area contributed by atoms with Gasteiger partial charge in [-0.1, -0.05) is 12.1 Å². The van der Waals surface area contributed by atoms with Crippen LogP contribution in [-0.2, 0) is 13.0 Å². The summed E-state index contributed by atoms with van der Waals surface area (Å²) in [6, 6.07) is 9.02. The number of nitrogens with one attached hydrogen (secondary N) is 1.